The van der Waals surface area contributed by atoms with Crippen LogP contribution in [0.4, 0.5) is 5.82 Å². The topological polar surface area (TPSA) is 37.4 Å². The molecule has 0 amide bonds. The summed E-state index contributed by atoms with van der Waals surface area (Å²) in [4.78, 5) is 7.18. The van der Waals surface area contributed by atoms with E-state index in [-0.39, 0.29) is 0 Å². The molecule has 0 aromatic carbocycles. The van der Waals surface area contributed by atoms with Gasteiger partial charge in [-0.3, -0.25) is 0 Å². The van der Waals surface area contributed by atoms with Crippen LogP contribution in [0.5, 0.6) is 0 Å². The lowest BCUT2D eigenvalue weighted by atomic mass is 10.1. The molecule has 1 aromatic rings. The molecule has 0 radical (unpaired) electrons. The number of pyridine rings is 1. The second-order valence-corrected chi connectivity index (χ2v) is 6.29. The third kappa shape index (κ3) is 3.95. The first kappa shape index (κ1) is 14.8. The van der Waals surface area contributed by atoms with Gasteiger partial charge in [0.15, 0.2) is 0 Å². The molecule has 2 heterocycles. The van der Waals surface area contributed by atoms with E-state index in [4.69, 9.17) is 9.72 Å². The van der Waals surface area contributed by atoms with Gasteiger partial charge >= 0.3 is 0 Å². The fourth-order valence-corrected chi connectivity index (χ4v) is 2.91. The van der Waals surface area contributed by atoms with Gasteiger partial charge in [0.25, 0.3) is 0 Å². The smallest absolute Gasteiger partial charge is 0.129 e. The summed E-state index contributed by atoms with van der Waals surface area (Å²) in [6.07, 6.45) is 5.86. The first-order valence-corrected chi connectivity index (χ1v) is 8.30. The van der Waals surface area contributed by atoms with Crippen LogP contribution in [0.1, 0.15) is 43.9 Å². The molecule has 2 aliphatic rings. The van der Waals surface area contributed by atoms with Gasteiger partial charge in [-0.1, -0.05) is 6.92 Å². The van der Waals surface area contributed by atoms with Crippen LogP contribution in [0.2, 0.25) is 0 Å². The number of nitrogens with one attached hydrogen (secondary N) is 1. The van der Waals surface area contributed by atoms with Crippen LogP contribution in [-0.2, 0) is 17.7 Å². The highest BCUT2D eigenvalue weighted by Crippen LogP contribution is 2.23. The maximum atomic E-state index is 5.47. The van der Waals surface area contributed by atoms with Gasteiger partial charge in [0.05, 0.1) is 0 Å². The number of nitrogens with zero attached hydrogens (tertiary/aromatic N) is 2. The molecule has 4 heteroatoms. The van der Waals surface area contributed by atoms with Crippen molar-refractivity contribution >= 4 is 5.82 Å². The molecule has 116 valence electrons. The molecule has 1 saturated carbocycles. The Kier molecular flexibility index (Phi) is 4.76. The van der Waals surface area contributed by atoms with Crippen LogP contribution in [0.15, 0.2) is 12.1 Å². The Morgan fingerprint density at radius 3 is 2.67 bits per heavy atom. The fraction of sp³-hybridized carbons (Fsp3) is 0.706. The first-order chi connectivity index (χ1) is 10.3. The zero-order valence-electron chi connectivity index (χ0n) is 13.3. The lowest BCUT2D eigenvalue weighted by molar-refractivity contribution is 0.0853. The fourth-order valence-electron chi connectivity index (χ4n) is 2.91. The van der Waals surface area contributed by atoms with Crippen LogP contribution in [-0.4, -0.2) is 37.3 Å². The summed E-state index contributed by atoms with van der Waals surface area (Å²) in [5, 5.41) is 3.60. The molecule has 0 bridgehead atoms. The van der Waals surface area contributed by atoms with Gasteiger partial charge in [0, 0.05) is 44.6 Å². The average molecular weight is 289 g/mol. The monoisotopic (exact) mass is 289 g/mol. The van der Waals surface area contributed by atoms with E-state index in [0.29, 0.717) is 6.04 Å². The summed E-state index contributed by atoms with van der Waals surface area (Å²) in [7, 11) is 2.18. The van der Waals surface area contributed by atoms with E-state index in [1.807, 2.05) is 0 Å². The number of aromatic nitrogens is 1. The summed E-state index contributed by atoms with van der Waals surface area (Å²) in [6, 6.07) is 5.81. The van der Waals surface area contributed by atoms with Crippen molar-refractivity contribution < 1.29 is 4.74 Å². The Morgan fingerprint density at radius 1 is 1.24 bits per heavy atom. The molecule has 1 aliphatic heterocycles. The molecule has 21 heavy (non-hydrogen) atoms. The van der Waals surface area contributed by atoms with E-state index in [1.165, 1.54) is 24.1 Å². The van der Waals surface area contributed by atoms with Gasteiger partial charge in [-0.15, -0.1) is 0 Å². The molecule has 0 unspecified atom stereocenters. The lowest BCUT2D eigenvalue weighted by Gasteiger charge is -2.32. The van der Waals surface area contributed by atoms with Crippen molar-refractivity contribution in [3.63, 3.8) is 0 Å². The van der Waals surface area contributed by atoms with E-state index < -0.39 is 0 Å². The standard InChI is InChI=1S/C17H27N3O/c1-3-14-10-13(12-18-15-4-5-15)11-17(19-14)20(2)16-6-8-21-9-7-16/h10-11,15-16,18H,3-9,12H2,1-2H3. The maximum Gasteiger partial charge on any atom is 0.129 e. The number of anilines is 1. The normalized spacial score (nSPS) is 19.7. The average Bonchev–Trinajstić information content (AvgIpc) is 3.37. The first-order valence-electron chi connectivity index (χ1n) is 8.30. The Hall–Kier alpha value is -1.13. The van der Waals surface area contributed by atoms with E-state index in [9.17, 15) is 0 Å². The molecule has 0 spiro atoms. The Balaban J connectivity index is 1.73. The number of ether oxygens (including phenoxy) is 1. The highest BCUT2D eigenvalue weighted by Gasteiger charge is 2.22. The molecule has 1 saturated heterocycles. The van der Waals surface area contributed by atoms with Crippen molar-refractivity contribution in [1.82, 2.24) is 10.3 Å². The van der Waals surface area contributed by atoms with E-state index in [0.717, 1.165) is 50.9 Å². The Labute approximate surface area is 127 Å². The molecule has 1 aliphatic carbocycles. The SMILES string of the molecule is CCc1cc(CNC2CC2)cc(N(C)C2CCOCC2)n1. The lowest BCUT2D eigenvalue weighted by Crippen LogP contribution is -2.37. The van der Waals surface area contributed by atoms with Gasteiger partial charge < -0.3 is 15.0 Å². The largest absolute Gasteiger partial charge is 0.381 e. The van der Waals surface area contributed by atoms with Crippen molar-refractivity contribution in [3.8, 4) is 0 Å². The van der Waals surface area contributed by atoms with Gasteiger partial charge in [-0.2, -0.15) is 0 Å². The van der Waals surface area contributed by atoms with Crippen LogP contribution >= 0.6 is 0 Å². The minimum absolute atomic E-state index is 0.558. The predicted molar refractivity (Wildman–Crippen MR) is 85.7 cm³/mol. The molecule has 0 atom stereocenters. The highest BCUT2D eigenvalue weighted by molar-refractivity contribution is 5.43. The van der Waals surface area contributed by atoms with E-state index in [1.54, 1.807) is 0 Å². The third-order valence-electron chi connectivity index (χ3n) is 4.56. The van der Waals surface area contributed by atoms with Crippen molar-refractivity contribution in [2.24, 2.45) is 0 Å². The number of hydrogen-bond donors (Lipinski definition) is 1. The summed E-state index contributed by atoms with van der Waals surface area (Å²) in [5.41, 5.74) is 2.56. The quantitative estimate of drug-likeness (QED) is 0.873. The third-order valence-corrected chi connectivity index (χ3v) is 4.56. The van der Waals surface area contributed by atoms with Crippen molar-refractivity contribution in [1.29, 1.82) is 0 Å². The summed E-state index contributed by atoms with van der Waals surface area (Å²) in [6.45, 7) is 4.89. The molecule has 1 N–H and O–H groups in total. The minimum Gasteiger partial charge on any atom is -0.381 e. The molecule has 4 nitrogen and oxygen atoms in total. The number of hydrogen-bond acceptors (Lipinski definition) is 4. The minimum atomic E-state index is 0.558. The molecule has 2 fully saturated rings. The van der Waals surface area contributed by atoms with Gasteiger partial charge in [0.1, 0.15) is 5.82 Å². The van der Waals surface area contributed by atoms with E-state index in [2.05, 4.69) is 36.3 Å². The number of aryl methyl sites for hydroxylation is 1. The Bertz CT molecular complexity index is 467. The van der Waals surface area contributed by atoms with Crippen LogP contribution in [0, 0.1) is 0 Å². The van der Waals surface area contributed by atoms with E-state index >= 15 is 0 Å². The molecular weight excluding hydrogens is 262 g/mol. The van der Waals surface area contributed by atoms with Crippen LogP contribution in [0.25, 0.3) is 0 Å². The summed E-state index contributed by atoms with van der Waals surface area (Å²) < 4.78 is 5.47. The summed E-state index contributed by atoms with van der Waals surface area (Å²) >= 11 is 0. The number of rotatable bonds is 6. The molecule has 3 rings (SSSR count). The zero-order chi connectivity index (χ0) is 14.7. The van der Waals surface area contributed by atoms with Gasteiger partial charge in [-0.05, 0) is 49.8 Å². The van der Waals surface area contributed by atoms with Crippen LogP contribution in [0.3, 0.4) is 0 Å². The van der Waals surface area contributed by atoms with Gasteiger partial charge in [-0.25, -0.2) is 4.98 Å². The van der Waals surface area contributed by atoms with Crippen LogP contribution < -0.4 is 10.2 Å². The predicted octanol–water partition coefficient (Wildman–Crippen LogP) is 2.51. The van der Waals surface area contributed by atoms with Gasteiger partial charge in [0.2, 0.25) is 0 Å². The maximum absolute atomic E-state index is 5.47. The van der Waals surface area contributed by atoms with Crippen molar-refractivity contribution in [2.45, 2.75) is 57.7 Å². The Morgan fingerprint density at radius 2 is 2.00 bits per heavy atom. The molecule has 1 aromatic heterocycles. The van der Waals surface area contributed by atoms with Crippen molar-refractivity contribution in [3.05, 3.63) is 23.4 Å². The highest BCUT2D eigenvalue weighted by atomic mass is 16.5. The second kappa shape index (κ2) is 6.75. The van der Waals surface area contributed by atoms with Crippen molar-refractivity contribution in [2.75, 3.05) is 25.2 Å². The summed E-state index contributed by atoms with van der Waals surface area (Å²) in [5.74, 6) is 1.12. The zero-order valence-corrected chi connectivity index (χ0v) is 13.3. The second-order valence-electron chi connectivity index (χ2n) is 6.29. The molecular formula is C17H27N3O.